The van der Waals surface area contributed by atoms with Crippen molar-refractivity contribution in [3.63, 3.8) is 0 Å². The van der Waals surface area contributed by atoms with Crippen molar-refractivity contribution in [3.05, 3.63) is 65.5 Å². The Morgan fingerprint density at radius 1 is 1.10 bits per heavy atom. The van der Waals surface area contributed by atoms with E-state index in [-0.39, 0.29) is 6.42 Å². The Morgan fingerprint density at radius 3 is 2.55 bits per heavy atom. The van der Waals surface area contributed by atoms with Crippen molar-refractivity contribution in [1.82, 2.24) is 4.98 Å². The Morgan fingerprint density at radius 2 is 1.85 bits per heavy atom. The average molecular weight is 271 g/mol. The van der Waals surface area contributed by atoms with Crippen LogP contribution in [-0.4, -0.2) is 22.7 Å². The maximum atomic E-state index is 10.8. The zero-order valence-corrected chi connectivity index (χ0v) is 11.2. The van der Waals surface area contributed by atoms with E-state index in [1.165, 1.54) is 0 Å². The van der Waals surface area contributed by atoms with Gasteiger partial charge in [0.05, 0.1) is 19.6 Å². The van der Waals surface area contributed by atoms with E-state index in [0.29, 0.717) is 13.2 Å². The Bertz CT molecular complexity index is 555. The highest BCUT2D eigenvalue weighted by Gasteiger charge is 2.06. The number of aliphatic carboxylic acids is 1. The fourth-order valence-electron chi connectivity index (χ4n) is 1.94. The summed E-state index contributed by atoms with van der Waals surface area (Å²) in [5.74, 6) is -0.828. The fourth-order valence-corrected chi connectivity index (χ4v) is 1.94. The van der Waals surface area contributed by atoms with Crippen LogP contribution in [0.2, 0.25) is 0 Å². The smallest absolute Gasteiger partial charge is 0.307 e. The molecule has 0 radical (unpaired) electrons. The van der Waals surface area contributed by atoms with E-state index < -0.39 is 5.97 Å². The number of hydrogen-bond donors (Lipinski definition) is 1. The Balaban J connectivity index is 1.83. The highest BCUT2D eigenvalue weighted by Crippen LogP contribution is 2.11. The zero-order valence-electron chi connectivity index (χ0n) is 11.2. The van der Waals surface area contributed by atoms with Gasteiger partial charge < -0.3 is 9.84 Å². The molecule has 104 valence electrons. The van der Waals surface area contributed by atoms with Gasteiger partial charge in [-0.15, -0.1) is 0 Å². The van der Waals surface area contributed by atoms with Gasteiger partial charge in [-0.05, 0) is 23.3 Å². The molecule has 0 fully saturated rings. The highest BCUT2D eigenvalue weighted by atomic mass is 16.5. The van der Waals surface area contributed by atoms with Crippen molar-refractivity contribution in [1.29, 1.82) is 0 Å². The van der Waals surface area contributed by atoms with E-state index in [0.717, 1.165) is 23.2 Å². The van der Waals surface area contributed by atoms with Crippen molar-refractivity contribution in [2.75, 3.05) is 6.61 Å². The van der Waals surface area contributed by atoms with Crippen LogP contribution in [0.25, 0.3) is 0 Å². The molecule has 1 aromatic carbocycles. The molecule has 0 unspecified atom stereocenters. The van der Waals surface area contributed by atoms with Crippen LogP contribution in [0.5, 0.6) is 0 Å². The summed E-state index contributed by atoms with van der Waals surface area (Å²) >= 11 is 0. The van der Waals surface area contributed by atoms with Gasteiger partial charge in [0, 0.05) is 18.3 Å². The monoisotopic (exact) mass is 271 g/mol. The second-order valence-corrected chi connectivity index (χ2v) is 4.46. The molecule has 4 heteroatoms. The zero-order chi connectivity index (χ0) is 14.2. The molecule has 0 aliphatic heterocycles. The highest BCUT2D eigenvalue weighted by molar-refractivity contribution is 5.70. The Kier molecular flexibility index (Phi) is 5.26. The van der Waals surface area contributed by atoms with E-state index in [4.69, 9.17) is 9.84 Å². The third-order valence-corrected chi connectivity index (χ3v) is 2.95. The number of carboxylic acids is 1. The molecule has 20 heavy (non-hydrogen) atoms. The van der Waals surface area contributed by atoms with Gasteiger partial charge in [0.25, 0.3) is 0 Å². The average Bonchev–Trinajstić information content (AvgIpc) is 2.46. The van der Waals surface area contributed by atoms with E-state index >= 15 is 0 Å². The van der Waals surface area contributed by atoms with Crippen LogP contribution < -0.4 is 0 Å². The predicted octanol–water partition coefficient (Wildman–Crippen LogP) is 2.47. The molecule has 2 aromatic rings. The van der Waals surface area contributed by atoms with Gasteiger partial charge in [-0.1, -0.05) is 30.3 Å². The topological polar surface area (TPSA) is 59.4 Å². The first-order valence-electron chi connectivity index (χ1n) is 6.52. The Labute approximate surface area is 118 Å². The molecule has 1 N–H and O–H groups in total. The van der Waals surface area contributed by atoms with Gasteiger partial charge >= 0.3 is 5.97 Å². The number of ether oxygens (including phenoxy) is 1. The summed E-state index contributed by atoms with van der Waals surface area (Å²) in [6.45, 7) is 0.995. The number of aromatic nitrogens is 1. The first-order valence-corrected chi connectivity index (χ1v) is 6.52. The van der Waals surface area contributed by atoms with E-state index in [9.17, 15) is 4.79 Å². The molecular weight excluding hydrogens is 254 g/mol. The van der Waals surface area contributed by atoms with Crippen molar-refractivity contribution < 1.29 is 14.6 Å². The van der Waals surface area contributed by atoms with Crippen molar-refractivity contribution in [2.45, 2.75) is 19.4 Å². The molecule has 0 spiro atoms. The molecule has 1 heterocycles. The first-order chi connectivity index (χ1) is 9.75. The number of benzene rings is 1. The SMILES string of the molecule is O=C(O)Cc1ccccc1COCCc1ccccn1. The summed E-state index contributed by atoms with van der Waals surface area (Å²) in [6, 6.07) is 13.3. The van der Waals surface area contributed by atoms with Crippen LogP contribution in [0.15, 0.2) is 48.7 Å². The summed E-state index contributed by atoms with van der Waals surface area (Å²) in [5.41, 5.74) is 2.72. The molecule has 4 nitrogen and oxygen atoms in total. The molecule has 0 bridgehead atoms. The molecule has 0 atom stereocenters. The molecule has 1 aromatic heterocycles. The summed E-state index contributed by atoms with van der Waals surface area (Å²) in [6.07, 6.45) is 2.54. The number of hydrogen-bond acceptors (Lipinski definition) is 3. The van der Waals surface area contributed by atoms with Gasteiger partial charge in [-0.3, -0.25) is 9.78 Å². The van der Waals surface area contributed by atoms with E-state index in [2.05, 4.69) is 4.98 Å². The summed E-state index contributed by atoms with van der Waals surface area (Å²) in [4.78, 5) is 15.0. The minimum Gasteiger partial charge on any atom is -0.481 e. The fraction of sp³-hybridized carbons (Fsp3) is 0.250. The van der Waals surface area contributed by atoms with Gasteiger partial charge in [0.1, 0.15) is 0 Å². The number of carboxylic acid groups (broad SMARTS) is 1. The quantitative estimate of drug-likeness (QED) is 0.786. The van der Waals surface area contributed by atoms with Crippen molar-refractivity contribution >= 4 is 5.97 Å². The summed E-state index contributed by atoms with van der Waals surface area (Å²) in [5, 5.41) is 8.86. The minimum absolute atomic E-state index is 0.0276. The van der Waals surface area contributed by atoms with Crippen LogP contribution in [0, 0.1) is 0 Å². The van der Waals surface area contributed by atoms with Crippen LogP contribution >= 0.6 is 0 Å². The van der Waals surface area contributed by atoms with Gasteiger partial charge in [-0.2, -0.15) is 0 Å². The molecule has 0 saturated carbocycles. The van der Waals surface area contributed by atoms with Crippen molar-refractivity contribution in [2.24, 2.45) is 0 Å². The lowest BCUT2D eigenvalue weighted by Gasteiger charge is -2.08. The largest absolute Gasteiger partial charge is 0.481 e. The van der Waals surface area contributed by atoms with Gasteiger partial charge in [0.15, 0.2) is 0 Å². The molecule has 0 aliphatic carbocycles. The van der Waals surface area contributed by atoms with Crippen LogP contribution in [0.1, 0.15) is 16.8 Å². The summed E-state index contributed by atoms with van der Waals surface area (Å²) in [7, 11) is 0. The number of rotatable bonds is 7. The van der Waals surface area contributed by atoms with Crippen LogP contribution in [0.4, 0.5) is 0 Å². The standard InChI is InChI=1S/C16H17NO3/c18-16(19)11-13-5-1-2-6-14(13)12-20-10-8-15-7-3-4-9-17-15/h1-7,9H,8,10-12H2,(H,18,19). The molecule has 0 aliphatic rings. The maximum Gasteiger partial charge on any atom is 0.307 e. The second-order valence-electron chi connectivity index (χ2n) is 4.46. The van der Waals surface area contributed by atoms with E-state index in [1.54, 1.807) is 6.20 Å². The lowest BCUT2D eigenvalue weighted by molar-refractivity contribution is -0.136. The number of carbonyl (C=O) groups is 1. The molecule has 2 rings (SSSR count). The van der Waals surface area contributed by atoms with Crippen LogP contribution in [0.3, 0.4) is 0 Å². The lowest BCUT2D eigenvalue weighted by atomic mass is 10.1. The molecule has 0 saturated heterocycles. The molecule has 0 amide bonds. The second kappa shape index (κ2) is 7.40. The maximum absolute atomic E-state index is 10.8. The molecular formula is C16H17NO3. The summed E-state index contributed by atoms with van der Waals surface area (Å²) < 4.78 is 5.61. The lowest BCUT2D eigenvalue weighted by Crippen LogP contribution is -2.06. The third-order valence-electron chi connectivity index (χ3n) is 2.95. The number of nitrogens with zero attached hydrogens (tertiary/aromatic N) is 1. The normalized spacial score (nSPS) is 10.4. The van der Waals surface area contributed by atoms with Gasteiger partial charge in [0.2, 0.25) is 0 Å². The van der Waals surface area contributed by atoms with Crippen molar-refractivity contribution in [3.8, 4) is 0 Å². The van der Waals surface area contributed by atoms with E-state index in [1.807, 2.05) is 42.5 Å². The Hall–Kier alpha value is -2.20. The van der Waals surface area contributed by atoms with Crippen LogP contribution in [-0.2, 0) is 29.0 Å². The van der Waals surface area contributed by atoms with Gasteiger partial charge in [-0.25, -0.2) is 0 Å². The first kappa shape index (κ1) is 14.2. The predicted molar refractivity (Wildman–Crippen MR) is 75.4 cm³/mol. The third kappa shape index (κ3) is 4.48. The number of pyridine rings is 1. The minimum atomic E-state index is -0.828.